The van der Waals surface area contributed by atoms with Crippen LogP contribution in [0, 0.1) is 5.92 Å². The largest absolute Gasteiger partial charge is 0.312 e. The Morgan fingerprint density at radius 3 is 2.84 bits per heavy atom. The van der Waals surface area contributed by atoms with Crippen LogP contribution < -0.4 is 5.32 Å². The molecule has 1 aliphatic carbocycles. The van der Waals surface area contributed by atoms with Crippen LogP contribution in [0.25, 0.3) is 0 Å². The van der Waals surface area contributed by atoms with Crippen molar-refractivity contribution in [2.45, 2.75) is 45.2 Å². The van der Waals surface area contributed by atoms with Gasteiger partial charge in [0.25, 0.3) is 0 Å². The minimum Gasteiger partial charge on any atom is -0.312 e. The van der Waals surface area contributed by atoms with Crippen molar-refractivity contribution < 1.29 is 0 Å². The third kappa shape index (κ3) is 5.07. The van der Waals surface area contributed by atoms with Crippen LogP contribution in [0.5, 0.6) is 0 Å². The Kier molecular flexibility index (Phi) is 6.14. The molecule has 2 nitrogen and oxygen atoms in total. The summed E-state index contributed by atoms with van der Waals surface area (Å²) in [6.07, 6.45) is 5.55. The minimum absolute atomic E-state index is 0.735. The number of halogens is 1. The van der Waals surface area contributed by atoms with Gasteiger partial charge in [-0.1, -0.05) is 31.4 Å². The number of nitrogens with one attached hydrogen (secondary N) is 1. The van der Waals surface area contributed by atoms with Crippen LogP contribution in [-0.2, 0) is 6.54 Å². The molecule has 1 N–H and O–H groups in total. The highest BCUT2D eigenvalue weighted by Gasteiger charge is 2.20. The molecule has 108 valence electrons. The molecular weight excluding hydrogens is 276 g/mol. The van der Waals surface area contributed by atoms with Crippen molar-refractivity contribution in [2.75, 3.05) is 20.1 Å². The number of thiophene rings is 1. The summed E-state index contributed by atoms with van der Waals surface area (Å²) in [7, 11) is 2.18. The van der Waals surface area contributed by atoms with Gasteiger partial charge in [0.1, 0.15) is 0 Å². The maximum Gasteiger partial charge on any atom is 0.0931 e. The van der Waals surface area contributed by atoms with E-state index in [1.54, 1.807) is 11.3 Å². The topological polar surface area (TPSA) is 15.3 Å². The van der Waals surface area contributed by atoms with Gasteiger partial charge in [0, 0.05) is 30.6 Å². The molecule has 0 aromatic carbocycles. The van der Waals surface area contributed by atoms with E-state index < -0.39 is 0 Å². The third-order valence-electron chi connectivity index (χ3n) is 4.07. The van der Waals surface area contributed by atoms with Crippen molar-refractivity contribution in [3.05, 3.63) is 21.3 Å². The van der Waals surface area contributed by atoms with Crippen molar-refractivity contribution in [1.82, 2.24) is 10.2 Å². The third-order valence-corrected chi connectivity index (χ3v) is 5.28. The van der Waals surface area contributed by atoms with Gasteiger partial charge in [0.2, 0.25) is 0 Å². The van der Waals surface area contributed by atoms with E-state index in [9.17, 15) is 0 Å². The molecule has 1 saturated carbocycles. The molecular formula is C15H25ClN2S. The van der Waals surface area contributed by atoms with E-state index in [2.05, 4.69) is 30.3 Å². The first-order chi connectivity index (χ1) is 9.15. The normalized spacial score (nSPS) is 24.0. The Morgan fingerprint density at radius 1 is 1.37 bits per heavy atom. The summed E-state index contributed by atoms with van der Waals surface area (Å²) in [6, 6.07) is 4.84. The van der Waals surface area contributed by atoms with Crippen molar-refractivity contribution in [2.24, 2.45) is 5.92 Å². The van der Waals surface area contributed by atoms with E-state index in [0.717, 1.165) is 35.9 Å². The predicted octanol–water partition coefficient (Wildman–Crippen LogP) is 4.00. The molecule has 2 unspecified atom stereocenters. The average molecular weight is 301 g/mol. The molecule has 0 amide bonds. The van der Waals surface area contributed by atoms with Gasteiger partial charge in [-0.15, -0.1) is 11.3 Å². The monoisotopic (exact) mass is 300 g/mol. The summed E-state index contributed by atoms with van der Waals surface area (Å²) in [6.45, 7) is 5.57. The van der Waals surface area contributed by atoms with E-state index >= 15 is 0 Å². The number of likely N-dealkylation sites (N-methyl/N-ethyl adjacent to an activating group) is 1. The van der Waals surface area contributed by atoms with Gasteiger partial charge >= 0.3 is 0 Å². The standard InChI is InChI=1S/C15H25ClN2S/c1-12-5-3-4-6-14(12)17-9-10-18(2)11-13-7-8-15(16)19-13/h7-8,12,14,17H,3-6,9-11H2,1-2H3. The first kappa shape index (κ1) is 15.3. The van der Waals surface area contributed by atoms with Crippen LogP contribution in [0.15, 0.2) is 12.1 Å². The summed E-state index contributed by atoms with van der Waals surface area (Å²) in [5.41, 5.74) is 0. The minimum atomic E-state index is 0.735. The van der Waals surface area contributed by atoms with Crippen LogP contribution >= 0.6 is 22.9 Å². The highest BCUT2D eigenvalue weighted by molar-refractivity contribution is 7.16. The SMILES string of the molecule is CC1CCCCC1NCCN(C)Cc1ccc(Cl)s1. The molecule has 0 saturated heterocycles. The molecule has 0 aliphatic heterocycles. The van der Waals surface area contributed by atoms with Crippen LogP contribution in [0.2, 0.25) is 4.34 Å². The molecule has 0 radical (unpaired) electrons. The molecule has 2 atom stereocenters. The second kappa shape index (κ2) is 7.63. The van der Waals surface area contributed by atoms with Crippen LogP contribution in [0.1, 0.15) is 37.5 Å². The lowest BCUT2D eigenvalue weighted by atomic mass is 9.86. The highest BCUT2D eigenvalue weighted by atomic mass is 35.5. The lowest BCUT2D eigenvalue weighted by Crippen LogP contribution is -2.40. The summed E-state index contributed by atoms with van der Waals surface area (Å²) in [5, 5.41) is 3.73. The number of nitrogens with zero attached hydrogens (tertiary/aromatic N) is 1. The van der Waals surface area contributed by atoms with Crippen molar-refractivity contribution in [1.29, 1.82) is 0 Å². The second-order valence-corrected chi connectivity index (χ2v) is 7.57. The Morgan fingerprint density at radius 2 is 2.16 bits per heavy atom. The maximum absolute atomic E-state index is 5.95. The molecule has 2 rings (SSSR count). The van der Waals surface area contributed by atoms with Gasteiger partial charge in [-0.3, -0.25) is 0 Å². The Hall–Kier alpha value is -0.0900. The van der Waals surface area contributed by atoms with Crippen LogP contribution in [-0.4, -0.2) is 31.1 Å². The lowest BCUT2D eigenvalue weighted by Gasteiger charge is -2.30. The van der Waals surface area contributed by atoms with Gasteiger partial charge in [-0.2, -0.15) is 0 Å². The summed E-state index contributed by atoms with van der Waals surface area (Å²) in [5.74, 6) is 0.843. The van der Waals surface area contributed by atoms with E-state index in [-0.39, 0.29) is 0 Å². The molecule has 0 bridgehead atoms. The summed E-state index contributed by atoms with van der Waals surface area (Å²) >= 11 is 7.63. The fraction of sp³-hybridized carbons (Fsp3) is 0.733. The molecule has 1 fully saturated rings. The van der Waals surface area contributed by atoms with Crippen LogP contribution in [0.4, 0.5) is 0 Å². The van der Waals surface area contributed by atoms with Gasteiger partial charge in [-0.05, 0) is 37.9 Å². The quantitative estimate of drug-likeness (QED) is 0.854. The Labute approximate surface area is 126 Å². The molecule has 4 heteroatoms. The highest BCUT2D eigenvalue weighted by Crippen LogP contribution is 2.24. The maximum atomic E-state index is 5.95. The Balaban J connectivity index is 1.64. The number of hydrogen-bond donors (Lipinski definition) is 1. The number of rotatable bonds is 6. The van der Waals surface area contributed by atoms with Gasteiger partial charge in [0.15, 0.2) is 0 Å². The zero-order valence-corrected chi connectivity index (χ0v) is 13.6. The number of hydrogen-bond acceptors (Lipinski definition) is 3. The second-order valence-electron chi connectivity index (χ2n) is 5.77. The lowest BCUT2D eigenvalue weighted by molar-refractivity contribution is 0.259. The van der Waals surface area contributed by atoms with Gasteiger partial charge in [-0.25, -0.2) is 0 Å². The zero-order chi connectivity index (χ0) is 13.7. The molecule has 1 heterocycles. The molecule has 1 aromatic rings. The van der Waals surface area contributed by atoms with E-state index in [4.69, 9.17) is 11.6 Å². The van der Waals surface area contributed by atoms with Gasteiger partial charge < -0.3 is 10.2 Å². The van der Waals surface area contributed by atoms with Crippen molar-refractivity contribution in [3.8, 4) is 0 Å². The first-order valence-electron chi connectivity index (χ1n) is 7.31. The predicted molar refractivity (Wildman–Crippen MR) is 85.1 cm³/mol. The zero-order valence-electron chi connectivity index (χ0n) is 12.0. The molecule has 1 aliphatic rings. The van der Waals surface area contributed by atoms with E-state index in [0.29, 0.717) is 0 Å². The van der Waals surface area contributed by atoms with Gasteiger partial charge in [0.05, 0.1) is 4.34 Å². The molecule has 1 aromatic heterocycles. The fourth-order valence-corrected chi connectivity index (χ4v) is 4.01. The Bertz CT molecular complexity index is 380. The smallest absolute Gasteiger partial charge is 0.0931 e. The van der Waals surface area contributed by atoms with Crippen molar-refractivity contribution >= 4 is 22.9 Å². The van der Waals surface area contributed by atoms with Crippen molar-refractivity contribution in [3.63, 3.8) is 0 Å². The fourth-order valence-electron chi connectivity index (χ4n) is 2.84. The van der Waals surface area contributed by atoms with E-state index in [1.807, 2.05) is 6.07 Å². The summed E-state index contributed by atoms with van der Waals surface area (Å²) in [4.78, 5) is 3.71. The average Bonchev–Trinajstić information content (AvgIpc) is 2.77. The van der Waals surface area contributed by atoms with Crippen LogP contribution in [0.3, 0.4) is 0 Å². The van der Waals surface area contributed by atoms with E-state index in [1.165, 1.54) is 30.6 Å². The molecule has 19 heavy (non-hydrogen) atoms. The molecule has 0 spiro atoms. The first-order valence-corrected chi connectivity index (χ1v) is 8.51. The summed E-state index contributed by atoms with van der Waals surface area (Å²) < 4.78 is 0.887.